The van der Waals surface area contributed by atoms with Gasteiger partial charge in [-0.15, -0.1) is 0 Å². The van der Waals surface area contributed by atoms with Crippen LogP contribution in [0.1, 0.15) is 0 Å². The Balaban J connectivity index is 0. The number of allylic oxidation sites excluding steroid dienone is 1. The van der Waals surface area contributed by atoms with Gasteiger partial charge in [-0.05, 0) is 0 Å². The first-order valence-corrected chi connectivity index (χ1v) is 1.67. The van der Waals surface area contributed by atoms with Crippen LogP contribution in [0.3, 0.4) is 0 Å². The van der Waals surface area contributed by atoms with Gasteiger partial charge in [-0.3, -0.25) is 0 Å². The smallest absolute Gasteiger partial charge is 0.454 e. The maximum absolute atomic E-state index is 10.9. The van der Waals surface area contributed by atoms with E-state index in [9.17, 15) is 22.0 Å². The molecule has 7 heteroatoms. The summed E-state index contributed by atoms with van der Waals surface area (Å²) < 4.78 is 54.4. The number of hydrogen-bond donors (Lipinski definition) is 1. The third-order valence-corrected chi connectivity index (χ3v) is 0.448. The molecule has 1 radical (unpaired) electrons. The van der Waals surface area contributed by atoms with Crippen LogP contribution in [0, 0.1) is 0 Å². The van der Waals surface area contributed by atoms with Crippen molar-refractivity contribution < 1.29 is 27.1 Å². The first kappa shape index (κ1) is 12.5. The first-order chi connectivity index (χ1) is 3.85. The van der Waals surface area contributed by atoms with E-state index in [4.69, 9.17) is 5.11 Å². The Morgan fingerprint density at radius 1 is 1.10 bits per heavy atom. The Morgan fingerprint density at radius 2 is 1.40 bits per heavy atom. The summed E-state index contributed by atoms with van der Waals surface area (Å²) in [4.78, 5) is 0. The SMILES string of the molecule is OC(=C(F)F)C(F)(F)F.[Li]. The molecule has 1 nitrogen and oxygen atoms in total. The molecule has 0 aromatic carbocycles. The van der Waals surface area contributed by atoms with Crippen molar-refractivity contribution in [2.24, 2.45) is 0 Å². The second-order valence-corrected chi connectivity index (χ2v) is 1.11. The van der Waals surface area contributed by atoms with E-state index in [0.29, 0.717) is 0 Å². The molecule has 0 aliphatic rings. The molecular formula is C3HF5LiO. The Kier molecular flexibility index (Phi) is 4.78. The van der Waals surface area contributed by atoms with E-state index >= 15 is 0 Å². The summed E-state index contributed by atoms with van der Waals surface area (Å²) in [6.07, 6.45) is -8.46. The van der Waals surface area contributed by atoms with E-state index in [1.165, 1.54) is 0 Å². The van der Waals surface area contributed by atoms with Gasteiger partial charge >= 0.3 is 12.3 Å². The second kappa shape index (κ2) is 3.84. The number of halogens is 5. The summed E-state index contributed by atoms with van der Waals surface area (Å²) in [5, 5.41) is 7.47. The van der Waals surface area contributed by atoms with Crippen LogP contribution in [0.15, 0.2) is 11.8 Å². The Hall–Kier alpha value is -0.213. The summed E-state index contributed by atoms with van der Waals surface area (Å²) in [7, 11) is 0. The zero-order chi connectivity index (χ0) is 7.65. The van der Waals surface area contributed by atoms with Crippen molar-refractivity contribution in [3.05, 3.63) is 11.8 Å². The summed E-state index contributed by atoms with van der Waals surface area (Å²) >= 11 is 0. The van der Waals surface area contributed by atoms with Crippen LogP contribution in [-0.4, -0.2) is 30.1 Å². The fraction of sp³-hybridized carbons (Fsp3) is 0.333. The van der Waals surface area contributed by atoms with Gasteiger partial charge in [-0.1, -0.05) is 0 Å². The number of aliphatic hydroxyl groups excluding tert-OH is 1. The van der Waals surface area contributed by atoms with Gasteiger partial charge in [-0.2, -0.15) is 22.0 Å². The molecule has 0 amide bonds. The molecule has 0 fully saturated rings. The number of aliphatic hydroxyl groups is 1. The summed E-state index contributed by atoms with van der Waals surface area (Å²) in [6.45, 7) is 0. The Bertz CT molecular complexity index is 134. The molecule has 0 aliphatic carbocycles. The summed E-state index contributed by atoms with van der Waals surface area (Å²) in [5.41, 5.74) is 0. The Morgan fingerprint density at radius 3 is 1.40 bits per heavy atom. The van der Waals surface area contributed by atoms with Crippen LogP contribution in [0.2, 0.25) is 0 Å². The van der Waals surface area contributed by atoms with Crippen molar-refractivity contribution in [3.8, 4) is 0 Å². The molecule has 0 atom stereocenters. The molecule has 10 heavy (non-hydrogen) atoms. The van der Waals surface area contributed by atoms with Crippen molar-refractivity contribution in [1.82, 2.24) is 0 Å². The fourth-order valence-corrected chi connectivity index (χ4v) is 0.107. The van der Waals surface area contributed by atoms with Crippen molar-refractivity contribution in [1.29, 1.82) is 0 Å². The third kappa shape index (κ3) is 3.75. The largest absolute Gasteiger partial charge is 0.500 e. The zero-order valence-electron chi connectivity index (χ0n) is 4.84. The van der Waals surface area contributed by atoms with Crippen molar-refractivity contribution in [3.63, 3.8) is 0 Å². The van der Waals surface area contributed by atoms with Crippen LogP contribution in [0.25, 0.3) is 0 Å². The number of rotatable bonds is 0. The van der Waals surface area contributed by atoms with Crippen LogP contribution in [0.4, 0.5) is 22.0 Å². The second-order valence-electron chi connectivity index (χ2n) is 1.11. The van der Waals surface area contributed by atoms with Gasteiger partial charge in [0.2, 0.25) is 0 Å². The van der Waals surface area contributed by atoms with E-state index in [1.54, 1.807) is 0 Å². The van der Waals surface area contributed by atoms with Gasteiger partial charge < -0.3 is 5.11 Å². The molecule has 0 aromatic rings. The standard InChI is InChI=1S/C3HF5O.Li/c4-2(5)1(9)3(6,7)8;/h9H;. The molecule has 0 bridgehead atoms. The summed E-state index contributed by atoms with van der Waals surface area (Å²) in [6, 6.07) is 0. The molecule has 0 saturated carbocycles. The molecular weight excluding hydrogens is 154 g/mol. The predicted octanol–water partition coefficient (Wildman–Crippen LogP) is 1.83. The average molecular weight is 155 g/mol. The molecule has 55 valence electrons. The van der Waals surface area contributed by atoms with Gasteiger partial charge in [0.15, 0.2) is 0 Å². The maximum Gasteiger partial charge on any atom is 0.454 e. The van der Waals surface area contributed by atoms with Crippen LogP contribution >= 0.6 is 0 Å². The molecule has 0 saturated heterocycles. The van der Waals surface area contributed by atoms with E-state index in [1.807, 2.05) is 0 Å². The minimum absolute atomic E-state index is 0. The molecule has 1 N–H and O–H groups in total. The Labute approximate surface area is 64.7 Å². The van der Waals surface area contributed by atoms with Gasteiger partial charge in [0.25, 0.3) is 5.76 Å². The van der Waals surface area contributed by atoms with E-state index in [2.05, 4.69) is 0 Å². The monoisotopic (exact) mass is 155 g/mol. The van der Waals surface area contributed by atoms with Crippen molar-refractivity contribution in [2.45, 2.75) is 6.18 Å². The minimum Gasteiger partial charge on any atom is -0.500 e. The van der Waals surface area contributed by atoms with Gasteiger partial charge in [0.05, 0.1) is 0 Å². The van der Waals surface area contributed by atoms with Crippen molar-refractivity contribution >= 4 is 18.9 Å². The third-order valence-electron chi connectivity index (χ3n) is 0.448. The zero-order valence-corrected chi connectivity index (χ0v) is 4.84. The van der Waals surface area contributed by atoms with Crippen molar-refractivity contribution in [2.75, 3.05) is 0 Å². The quantitative estimate of drug-likeness (QED) is 0.321. The molecule has 0 spiro atoms. The van der Waals surface area contributed by atoms with Crippen LogP contribution < -0.4 is 0 Å². The molecule has 0 unspecified atom stereocenters. The average Bonchev–Trinajstić information content (AvgIpc) is 1.62. The van der Waals surface area contributed by atoms with E-state index < -0.39 is 18.0 Å². The minimum atomic E-state index is -5.33. The van der Waals surface area contributed by atoms with Crippen LogP contribution in [0.5, 0.6) is 0 Å². The summed E-state index contributed by atoms with van der Waals surface area (Å²) in [5.74, 6) is -2.83. The molecule has 0 aliphatic heterocycles. The van der Waals surface area contributed by atoms with E-state index in [-0.39, 0.29) is 18.9 Å². The first-order valence-electron chi connectivity index (χ1n) is 1.67. The molecule has 0 heterocycles. The molecule has 0 aromatic heterocycles. The molecule has 0 rings (SSSR count). The van der Waals surface area contributed by atoms with E-state index in [0.717, 1.165) is 0 Å². The topological polar surface area (TPSA) is 20.2 Å². The maximum atomic E-state index is 10.9. The van der Waals surface area contributed by atoms with Gasteiger partial charge in [-0.25, -0.2) is 0 Å². The predicted molar refractivity (Wildman–Crippen MR) is 23.7 cm³/mol. The number of hydrogen-bond acceptors (Lipinski definition) is 1. The normalized spacial score (nSPS) is 10.1. The van der Waals surface area contributed by atoms with Crippen LogP contribution in [-0.2, 0) is 0 Å². The number of alkyl halides is 3. The fourth-order valence-electron chi connectivity index (χ4n) is 0.107. The van der Waals surface area contributed by atoms with Gasteiger partial charge in [0, 0.05) is 18.9 Å². The van der Waals surface area contributed by atoms with Gasteiger partial charge in [0.1, 0.15) is 0 Å².